The Balaban J connectivity index is 3.74. The molecule has 0 fully saturated rings. The van der Waals surface area contributed by atoms with E-state index in [1.807, 2.05) is 19.9 Å². The van der Waals surface area contributed by atoms with Crippen molar-refractivity contribution in [3.8, 4) is 0 Å². The van der Waals surface area contributed by atoms with E-state index in [0.29, 0.717) is 0 Å². The molecule has 0 aliphatic rings. The van der Waals surface area contributed by atoms with Crippen molar-refractivity contribution in [2.45, 2.75) is 33.6 Å². The molecule has 0 bridgehead atoms. The van der Waals surface area contributed by atoms with Crippen molar-refractivity contribution in [3.05, 3.63) is 12.2 Å². The molecule has 1 nitrogen and oxygen atoms in total. The molecule has 0 radical (unpaired) electrons. The Hall–Kier alpha value is -0.590. The first kappa shape index (κ1) is 9.41. The molecular weight excluding hydrogens is 124 g/mol. The van der Waals surface area contributed by atoms with E-state index >= 15 is 0 Å². The summed E-state index contributed by atoms with van der Waals surface area (Å²) in [4.78, 5) is 10.4. The molecule has 0 amide bonds. The molecule has 0 saturated heterocycles. The number of carbonyl (C=O) groups is 1. The van der Waals surface area contributed by atoms with E-state index in [0.717, 1.165) is 19.1 Å². The smallest absolute Gasteiger partial charge is 0.129 e. The second-order valence-electron chi connectivity index (χ2n) is 3.13. The molecule has 0 aromatic carbocycles. The van der Waals surface area contributed by atoms with E-state index in [9.17, 15) is 4.79 Å². The molecule has 0 rings (SSSR count). The van der Waals surface area contributed by atoms with Gasteiger partial charge in [-0.3, -0.25) is 0 Å². The fraction of sp³-hybridized carbons (Fsp3) is 0.667. The summed E-state index contributed by atoms with van der Waals surface area (Å²) in [7, 11) is 0. The number of hydrogen-bond acceptors (Lipinski definition) is 1. The van der Waals surface area contributed by atoms with Crippen LogP contribution in [0.15, 0.2) is 12.2 Å². The van der Waals surface area contributed by atoms with Crippen LogP contribution >= 0.6 is 0 Å². The number of unbranched alkanes of at least 4 members (excludes halogenated alkanes) is 1. The quantitative estimate of drug-likeness (QED) is 0.433. The highest BCUT2D eigenvalue weighted by molar-refractivity contribution is 5.61. The van der Waals surface area contributed by atoms with E-state index in [1.54, 1.807) is 0 Å². The number of allylic oxidation sites excluding steroid dienone is 2. The fourth-order valence-electron chi connectivity index (χ4n) is 0.593. The predicted octanol–water partition coefficient (Wildman–Crippen LogP) is 2.57. The van der Waals surface area contributed by atoms with Gasteiger partial charge in [0.2, 0.25) is 0 Å². The van der Waals surface area contributed by atoms with Gasteiger partial charge in [-0.2, -0.15) is 0 Å². The van der Waals surface area contributed by atoms with E-state index in [-0.39, 0.29) is 5.41 Å². The second-order valence-corrected chi connectivity index (χ2v) is 3.13. The van der Waals surface area contributed by atoms with Crippen LogP contribution in [0.3, 0.4) is 0 Å². The van der Waals surface area contributed by atoms with Crippen LogP contribution in [0.4, 0.5) is 0 Å². The van der Waals surface area contributed by atoms with Gasteiger partial charge in [-0.25, -0.2) is 0 Å². The maximum absolute atomic E-state index is 10.4. The minimum atomic E-state index is -0.269. The van der Waals surface area contributed by atoms with Gasteiger partial charge < -0.3 is 4.79 Å². The third-order valence-electron chi connectivity index (χ3n) is 1.31. The van der Waals surface area contributed by atoms with E-state index in [4.69, 9.17) is 0 Å². The molecule has 1 heteroatoms. The highest BCUT2D eigenvalue weighted by atomic mass is 16.1. The molecule has 0 heterocycles. The summed E-state index contributed by atoms with van der Waals surface area (Å²) >= 11 is 0. The summed E-state index contributed by atoms with van der Waals surface area (Å²) in [6.07, 6.45) is 7.21. The molecule has 0 N–H and O–H groups in total. The maximum Gasteiger partial charge on any atom is 0.129 e. The third kappa shape index (κ3) is 4.30. The van der Waals surface area contributed by atoms with Crippen molar-refractivity contribution in [1.29, 1.82) is 0 Å². The van der Waals surface area contributed by atoms with Gasteiger partial charge in [-0.05, 0) is 20.3 Å². The monoisotopic (exact) mass is 140 g/mol. The first-order valence-electron chi connectivity index (χ1n) is 3.76. The molecule has 0 aliphatic heterocycles. The lowest BCUT2D eigenvalue weighted by Gasteiger charge is -2.08. The van der Waals surface area contributed by atoms with E-state index in [1.165, 1.54) is 0 Å². The van der Waals surface area contributed by atoms with Crippen molar-refractivity contribution >= 4 is 6.29 Å². The summed E-state index contributed by atoms with van der Waals surface area (Å²) in [6.45, 7) is 5.94. The molecule has 0 aromatic rings. The summed E-state index contributed by atoms with van der Waals surface area (Å²) in [6, 6.07) is 0. The molecule has 0 unspecified atom stereocenters. The Morgan fingerprint density at radius 1 is 1.40 bits per heavy atom. The van der Waals surface area contributed by atoms with Crippen LogP contribution in [0.5, 0.6) is 0 Å². The lowest BCUT2D eigenvalue weighted by Crippen LogP contribution is -2.07. The number of hydrogen-bond donors (Lipinski definition) is 0. The first-order chi connectivity index (χ1) is 4.62. The van der Waals surface area contributed by atoms with Crippen LogP contribution in [-0.4, -0.2) is 6.29 Å². The van der Waals surface area contributed by atoms with Crippen molar-refractivity contribution < 1.29 is 4.79 Å². The van der Waals surface area contributed by atoms with E-state index < -0.39 is 0 Å². The van der Waals surface area contributed by atoms with Gasteiger partial charge >= 0.3 is 0 Å². The minimum Gasteiger partial charge on any atom is -0.302 e. The fourth-order valence-corrected chi connectivity index (χ4v) is 0.593. The normalized spacial score (nSPS) is 12.3. The molecule has 10 heavy (non-hydrogen) atoms. The molecule has 58 valence electrons. The van der Waals surface area contributed by atoms with Crippen LogP contribution in [0.1, 0.15) is 33.6 Å². The summed E-state index contributed by atoms with van der Waals surface area (Å²) in [5.74, 6) is 0. The van der Waals surface area contributed by atoms with Gasteiger partial charge in [0.1, 0.15) is 6.29 Å². The van der Waals surface area contributed by atoms with Crippen molar-refractivity contribution in [2.24, 2.45) is 5.41 Å². The Morgan fingerprint density at radius 2 is 2.00 bits per heavy atom. The first-order valence-corrected chi connectivity index (χ1v) is 3.76. The number of carbonyl (C=O) groups excluding carboxylic acids is 1. The van der Waals surface area contributed by atoms with Gasteiger partial charge in [-0.1, -0.05) is 25.5 Å². The second kappa shape index (κ2) is 4.26. The molecule has 0 spiro atoms. The van der Waals surface area contributed by atoms with Gasteiger partial charge in [0.25, 0.3) is 0 Å². The van der Waals surface area contributed by atoms with Gasteiger partial charge in [0.05, 0.1) is 0 Å². The molecule has 0 aliphatic carbocycles. The van der Waals surface area contributed by atoms with Crippen LogP contribution in [0.25, 0.3) is 0 Å². The zero-order valence-electron chi connectivity index (χ0n) is 7.05. The SMILES string of the molecule is CCC/C=C/C(C)(C)C=O. The zero-order valence-corrected chi connectivity index (χ0v) is 7.05. The van der Waals surface area contributed by atoms with Gasteiger partial charge in [0, 0.05) is 5.41 Å². The summed E-state index contributed by atoms with van der Waals surface area (Å²) in [5, 5.41) is 0. The van der Waals surface area contributed by atoms with E-state index in [2.05, 4.69) is 13.0 Å². The van der Waals surface area contributed by atoms with Gasteiger partial charge in [-0.15, -0.1) is 0 Å². The molecule has 0 saturated carbocycles. The Kier molecular flexibility index (Phi) is 4.01. The summed E-state index contributed by atoms with van der Waals surface area (Å²) in [5.41, 5.74) is -0.269. The average molecular weight is 140 g/mol. The molecule has 0 aromatic heterocycles. The Labute approximate surface area is 63.1 Å². The minimum absolute atomic E-state index is 0.269. The largest absolute Gasteiger partial charge is 0.302 e. The number of rotatable bonds is 4. The highest BCUT2D eigenvalue weighted by Gasteiger charge is 2.09. The van der Waals surface area contributed by atoms with Crippen LogP contribution in [0.2, 0.25) is 0 Å². The lowest BCUT2D eigenvalue weighted by molar-refractivity contribution is -0.112. The Morgan fingerprint density at radius 3 is 2.40 bits per heavy atom. The highest BCUT2D eigenvalue weighted by Crippen LogP contribution is 2.12. The summed E-state index contributed by atoms with van der Waals surface area (Å²) < 4.78 is 0. The van der Waals surface area contributed by atoms with Crippen LogP contribution in [-0.2, 0) is 4.79 Å². The van der Waals surface area contributed by atoms with Crippen molar-refractivity contribution in [3.63, 3.8) is 0 Å². The average Bonchev–Trinajstić information content (AvgIpc) is 1.89. The predicted molar refractivity (Wildman–Crippen MR) is 43.9 cm³/mol. The van der Waals surface area contributed by atoms with Crippen LogP contribution < -0.4 is 0 Å². The topological polar surface area (TPSA) is 17.1 Å². The van der Waals surface area contributed by atoms with Crippen molar-refractivity contribution in [2.75, 3.05) is 0 Å². The Bertz CT molecular complexity index is 123. The maximum atomic E-state index is 10.4. The third-order valence-corrected chi connectivity index (χ3v) is 1.31. The zero-order chi connectivity index (χ0) is 8.04. The van der Waals surface area contributed by atoms with Gasteiger partial charge in [0.15, 0.2) is 0 Å². The molecule has 0 atom stereocenters. The molecular formula is C9H16O. The lowest BCUT2D eigenvalue weighted by atomic mass is 9.95. The van der Waals surface area contributed by atoms with Crippen LogP contribution in [0, 0.1) is 5.41 Å². The standard InChI is InChI=1S/C9H16O/c1-4-5-6-7-9(2,3)8-10/h6-8H,4-5H2,1-3H3/b7-6+. The van der Waals surface area contributed by atoms with Crippen molar-refractivity contribution in [1.82, 2.24) is 0 Å². The number of aldehydes is 1.